The second-order valence-electron chi connectivity index (χ2n) is 3.16. The molecule has 80 valence electrons. The number of ether oxygens (including phenoxy) is 1. The number of carbonyl (C=O) groups is 1. The van der Waals surface area contributed by atoms with E-state index in [2.05, 4.69) is 0 Å². The summed E-state index contributed by atoms with van der Waals surface area (Å²) in [6.45, 7) is 0.170. The molecule has 0 aliphatic rings. The standard InChI is InChI=1S/C12H10N2O2/c13-7-11(8-14)6-12(15)16-9-10-4-2-1-3-5-10/h1-5,11H,6,9H2. The van der Waals surface area contributed by atoms with Gasteiger partial charge in [0.25, 0.3) is 0 Å². The van der Waals surface area contributed by atoms with Crippen LogP contribution in [0.25, 0.3) is 0 Å². The topological polar surface area (TPSA) is 73.9 Å². The first-order valence-corrected chi connectivity index (χ1v) is 4.75. The van der Waals surface area contributed by atoms with Crippen LogP contribution in [0.15, 0.2) is 30.3 Å². The van der Waals surface area contributed by atoms with E-state index in [1.54, 1.807) is 12.1 Å². The molecule has 0 bridgehead atoms. The summed E-state index contributed by atoms with van der Waals surface area (Å²) < 4.78 is 4.92. The molecule has 0 aliphatic heterocycles. The average Bonchev–Trinajstić information content (AvgIpc) is 2.34. The Kier molecular flexibility index (Phi) is 4.56. The Hall–Kier alpha value is -2.33. The van der Waals surface area contributed by atoms with E-state index in [0.29, 0.717) is 0 Å². The van der Waals surface area contributed by atoms with Gasteiger partial charge < -0.3 is 4.74 Å². The van der Waals surface area contributed by atoms with Crippen molar-refractivity contribution in [1.29, 1.82) is 10.5 Å². The summed E-state index contributed by atoms with van der Waals surface area (Å²) in [6.07, 6.45) is -0.181. The average molecular weight is 214 g/mol. The van der Waals surface area contributed by atoms with Crippen molar-refractivity contribution in [2.24, 2.45) is 5.92 Å². The van der Waals surface area contributed by atoms with E-state index in [0.717, 1.165) is 5.56 Å². The van der Waals surface area contributed by atoms with Crippen LogP contribution in [0.1, 0.15) is 12.0 Å². The second kappa shape index (κ2) is 6.21. The third kappa shape index (κ3) is 3.81. The quantitative estimate of drug-likeness (QED) is 0.716. The summed E-state index contributed by atoms with van der Waals surface area (Å²) in [5.41, 5.74) is 0.876. The van der Waals surface area contributed by atoms with Crippen LogP contribution >= 0.6 is 0 Å². The number of hydrogen-bond acceptors (Lipinski definition) is 4. The second-order valence-corrected chi connectivity index (χ2v) is 3.16. The molecule has 0 aromatic heterocycles. The summed E-state index contributed by atoms with van der Waals surface area (Å²) in [5, 5.41) is 17.0. The first kappa shape index (κ1) is 11.7. The Morgan fingerprint density at radius 2 is 1.88 bits per heavy atom. The number of carbonyl (C=O) groups excluding carboxylic acids is 1. The molecule has 0 radical (unpaired) electrons. The highest BCUT2D eigenvalue weighted by Gasteiger charge is 2.13. The zero-order valence-corrected chi connectivity index (χ0v) is 8.59. The van der Waals surface area contributed by atoms with Crippen LogP contribution in [-0.2, 0) is 16.1 Å². The molecular weight excluding hydrogens is 204 g/mol. The van der Waals surface area contributed by atoms with Crippen molar-refractivity contribution in [2.45, 2.75) is 13.0 Å². The maximum absolute atomic E-state index is 11.2. The Balaban J connectivity index is 2.37. The molecule has 4 heteroatoms. The number of benzene rings is 1. The maximum Gasteiger partial charge on any atom is 0.308 e. The molecule has 0 aliphatic carbocycles. The van der Waals surface area contributed by atoms with Crippen LogP contribution in [0, 0.1) is 28.6 Å². The van der Waals surface area contributed by atoms with Crippen molar-refractivity contribution < 1.29 is 9.53 Å². The zero-order chi connectivity index (χ0) is 11.8. The molecule has 1 aromatic rings. The minimum absolute atomic E-state index is 0.170. The van der Waals surface area contributed by atoms with Gasteiger partial charge in [-0.1, -0.05) is 30.3 Å². The fourth-order valence-electron chi connectivity index (χ4n) is 1.08. The van der Waals surface area contributed by atoms with Gasteiger partial charge in [0, 0.05) is 0 Å². The van der Waals surface area contributed by atoms with Gasteiger partial charge >= 0.3 is 5.97 Å². The van der Waals surface area contributed by atoms with Crippen LogP contribution in [0.5, 0.6) is 0 Å². The summed E-state index contributed by atoms with van der Waals surface area (Å²) in [5.74, 6) is -1.46. The lowest BCUT2D eigenvalue weighted by atomic mass is 10.1. The largest absolute Gasteiger partial charge is 0.461 e. The highest BCUT2D eigenvalue weighted by Crippen LogP contribution is 2.05. The molecule has 0 unspecified atom stereocenters. The van der Waals surface area contributed by atoms with Crippen LogP contribution in [0.2, 0.25) is 0 Å². The molecule has 0 heterocycles. The van der Waals surface area contributed by atoms with Crippen molar-refractivity contribution in [3.63, 3.8) is 0 Å². The molecule has 0 spiro atoms. The van der Waals surface area contributed by atoms with Gasteiger partial charge in [-0.2, -0.15) is 10.5 Å². The lowest BCUT2D eigenvalue weighted by molar-refractivity contribution is -0.145. The smallest absolute Gasteiger partial charge is 0.308 e. The van der Waals surface area contributed by atoms with Crippen molar-refractivity contribution in [3.05, 3.63) is 35.9 Å². The molecule has 0 saturated carbocycles. The Morgan fingerprint density at radius 3 is 2.44 bits per heavy atom. The third-order valence-corrected chi connectivity index (χ3v) is 1.93. The van der Waals surface area contributed by atoms with E-state index in [1.807, 2.05) is 30.3 Å². The van der Waals surface area contributed by atoms with Gasteiger partial charge in [0.05, 0.1) is 18.6 Å². The van der Waals surface area contributed by atoms with Crippen molar-refractivity contribution in [3.8, 4) is 12.1 Å². The molecule has 16 heavy (non-hydrogen) atoms. The van der Waals surface area contributed by atoms with E-state index in [4.69, 9.17) is 15.3 Å². The lowest BCUT2D eigenvalue weighted by Crippen LogP contribution is -2.09. The van der Waals surface area contributed by atoms with Gasteiger partial charge in [0.1, 0.15) is 12.5 Å². The van der Waals surface area contributed by atoms with Gasteiger partial charge in [-0.3, -0.25) is 4.79 Å². The molecule has 0 atom stereocenters. The minimum atomic E-state index is -0.928. The summed E-state index contributed by atoms with van der Waals surface area (Å²) >= 11 is 0. The number of rotatable bonds is 4. The Bertz CT molecular complexity index is 415. The Morgan fingerprint density at radius 1 is 1.25 bits per heavy atom. The van der Waals surface area contributed by atoms with E-state index < -0.39 is 11.9 Å². The van der Waals surface area contributed by atoms with Gasteiger partial charge in [-0.25, -0.2) is 0 Å². The van der Waals surface area contributed by atoms with Crippen molar-refractivity contribution >= 4 is 5.97 Å². The molecule has 4 nitrogen and oxygen atoms in total. The van der Waals surface area contributed by atoms with Crippen LogP contribution in [-0.4, -0.2) is 5.97 Å². The van der Waals surface area contributed by atoms with Gasteiger partial charge in [-0.05, 0) is 5.56 Å². The van der Waals surface area contributed by atoms with Gasteiger partial charge in [0.2, 0.25) is 0 Å². The first-order valence-electron chi connectivity index (χ1n) is 4.75. The molecule has 1 aromatic carbocycles. The fourth-order valence-corrected chi connectivity index (χ4v) is 1.08. The highest BCUT2D eigenvalue weighted by atomic mass is 16.5. The van der Waals surface area contributed by atoms with Crippen LogP contribution < -0.4 is 0 Å². The predicted octanol–water partition coefficient (Wildman–Crippen LogP) is 1.78. The van der Waals surface area contributed by atoms with Crippen molar-refractivity contribution in [1.82, 2.24) is 0 Å². The first-order chi connectivity index (χ1) is 7.76. The highest BCUT2D eigenvalue weighted by molar-refractivity contribution is 5.70. The van der Waals surface area contributed by atoms with E-state index >= 15 is 0 Å². The number of nitrogens with zero attached hydrogens (tertiary/aromatic N) is 2. The third-order valence-electron chi connectivity index (χ3n) is 1.93. The summed E-state index contributed by atoms with van der Waals surface area (Å²) in [4.78, 5) is 11.2. The molecule has 1 rings (SSSR count). The SMILES string of the molecule is N#CC(C#N)CC(=O)OCc1ccccc1. The molecule has 0 saturated heterocycles. The fraction of sp³-hybridized carbons (Fsp3) is 0.250. The normalized spacial score (nSPS) is 9.19. The molecule has 0 fully saturated rings. The van der Waals surface area contributed by atoms with Crippen molar-refractivity contribution in [2.75, 3.05) is 0 Å². The van der Waals surface area contributed by atoms with E-state index in [9.17, 15) is 4.79 Å². The molecule has 0 N–H and O–H groups in total. The van der Waals surface area contributed by atoms with Crippen LogP contribution in [0.3, 0.4) is 0 Å². The summed E-state index contributed by atoms with van der Waals surface area (Å²) in [6, 6.07) is 12.7. The summed E-state index contributed by atoms with van der Waals surface area (Å²) in [7, 11) is 0. The number of esters is 1. The van der Waals surface area contributed by atoms with Crippen LogP contribution in [0.4, 0.5) is 0 Å². The Labute approximate surface area is 93.7 Å². The number of nitriles is 2. The van der Waals surface area contributed by atoms with Gasteiger partial charge in [-0.15, -0.1) is 0 Å². The molecular formula is C12H10N2O2. The zero-order valence-electron chi connectivity index (χ0n) is 8.59. The number of hydrogen-bond donors (Lipinski definition) is 0. The maximum atomic E-state index is 11.2. The lowest BCUT2D eigenvalue weighted by Gasteiger charge is -2.04. The minimum Gasteiger partial charge on any atom is -0.461 e. The molecule has 0 amide bonds. The van der Waals surface area contributed by atoms with E-state index in [1.165, 1.54) is 0 Å². The van der Waals surface area contributed by atoms with E-state index in [-0.39, 0.29) is 13.0 Å². The monoisotopic (exact) mass is 214 g/mol. The van der Waals surface area contributed by atoms with Gasteiger partial charge in [0.15, 0.2) is 0 Å². The predicted molar refractivity (Wildman–Crippen MR) is 55.6 cm³/mol.